The van der Waals surface area contributed by atoms with Gasteiger partial charge >= 0.3 is 0 Å². The van der Waals surface area contributed by atoms with Gasteiger partial charge in [0.25, 0.3) is 0 Å². The molecule has 0 unspecified atom stereocenters. The number of hydrogen-bond acceptors (Lipinski definition) is 4. The van der Waals surface area contributed by atoms with E-state index in [2.05, 4.69) is 29.6 Å². The predicted molar refractivity (Wildman–Crippen MR) is 139 cm³/mol. The first-order valence-electron chi connectivity index (χ1n) is 12.5. The number of hydrogen-bond donors (Lipinski definition) is 2. The van der Waals surface area contributed by atoms with Crippen molar-refractivity contribution in [1.82, 2.24) is 15.5 Å². The molecule has 6 nitrogen and oxygen atoms in total. The van der Waals surface area contributed by atoms with Gasteiger partial charge in [0.2, 0.25) is 11.8 Å². The van der Waals surface area contributed by atoms with E-state index in [-0.39, 0.29) is 17.9 Å². The molecular weight excluding hydrogens is 462 g/mol. The second-order valence-corrected chi connectivity index (χ2v) is 10.6. The van der Waals surface area contributed by atoms with Crippen molar-refractivity contribution >= 4 is 23.4 Å². The van der Waals surface area contributed by atoms with Crippen LogP contribution in [0.5, 0.6) is 5.75 Å². The van der Waals surface area contributed by atoms with E-state index in [4.69, 9.17) is 16.3 Å². The number of carbonyl (C=O) groups excluding carboxylic acids is 2. The monoisotopic (exact) mass is 497 g/mol. The summed E-state index contributed by atoms with van der Waals surface area (Å²) in [6.07, 6.45) is 5.99. The lowest BCUT2D eigenvalue weighted by Crippen LogP contribution is -2.53. The molecule has 0 heterocycles. The Balaban J connectivity index is 1.47. The van der Waals surface area contributed by atoms with Crippen LogP contribution in [0.2, 0.25) is 5.02 Å². The van der Waals surface area contributed by atoms with Gasteiger partial charge in [-0.05, 0) is 88.0 Å². The molecule has 4 rings (SSSR count). The molecule has 2 aliphatic rings. The number of nitrogens with one attached hydrogen (secondary N) is 2. The Morgan fingerprint density at radius 2 is 1.66 bits per heavy atom. The van der Waals surface area contributed by atoms with Crippen molar-refractivity contribution in [2.45, 2.75) is 68.5 Å². The van der Waals surface area contributed by atoms with Gasteiger partial charge in [-0.15, -0.1) is 0 Å². The first-order valence-corrected chi connectivity index (χ1v) is 12.9. The lowest BCUT2D eigenvalue weighted by molar-refractivity contribution is -0.130. The fraction of sp³-hybridized carbons (Fsp3) is 0.500. The van der Waals surface area contributed by atoms with Crippen molar-refractivity contribution in [2.75, 3.05) is 21.2 Å². The molecule has 2 amide bonds. The quantitative estimate of drug-likeness (QED) is 0.547. The van der Waals surface area contributed by atoms with Crippen molar-refractivity contribution in [3.63, 3.8) is 0 Å². The van der Waals surface area contributed by atoms with E-state index in [0.29, 0.717) is 17.5 Å². The van der Waals surface area contributed by atoms with Gasteiger partial charge < -0.3 is 20.3 Å². The van der Waals surface area contributed by atoms with Crippen LogP contribution >= 0.6 is 11.6 Å². The summed E-state index contributed by atoms with van der Waals surface area (Å²) in [5, 5.41) is 6.98. The maximum Gasteiger partial charge on any atom is 0.243 e. The van der Waals surface area contributed by atoms with E-state index < -0.39 is 11.5 Å². The Labute approximate surface area is 213 Å². The maximum absolute atomic E-state index is 13.5. The smallest absolute Gasteiger partial charge is 0.243 e. The minimum atomic E-state index is -0.646. The van der Waals surface area contributed by atoms with Gasteiger partial charge in [-0.2, -0.15) is 0 Å². The number of amides is 2. The summed E-state index contributed by atoms with van der Waals surface area (Å²) in [6.45, 7) is 0. The minimum absolute atomic E-state index is 0.0928. The molecule has 0 radical (unpaired) electrons. The lowest BCUT2D eigenvalue weighted by Gasteiger charge is -2.33. The Hall–Kier alpha value is -2.57. The minimum Gasteiger partial charge on any atom is -0.497 e. The van der Waals surface area contributed by atoms with Crippen LogP contribution in [-0.2, 0) is 21.4 Å². The Kier molecular flexibility index (Phi) is 8.02. The van der Waals surface area contributed by atoms with Gasteiger partial charge in [0, 0.05) is 23.5 Å². The second kappa shape index (κ2) is 11.0. The van der Waals surface area contributed by atoms with Crippen LogP contribution in [0.4, 0.5) is 0 Å². The van der Waals surface area contributed by atoms with Crippen molar-refractivity contribution in [3.8, 4) is 5.75 Å². The third kappa shape index (κ3) is 6.17. The predicted octanol–water partition coefficient (Wildman–Crippen LogP) is 4.10. The number of carbonyl (C=O) groups is 2. The Bertz CT molecular complexity index is 1010. The fourth-order valence-electron chi connectivity index (χ4n) is 5.08. The summed E-state index contributed by atoms with van der Waals surface area (Å²) in [5.74, 6) is 0.551. The maximum atomic E-state index is 13.5. The third-order valence-electron chi connectivity index (χ3n) is 7.58. The van der Waals surface area contributed by atoms with E-state index >= 15 is 0 Å². The zero-order valence-electron chi connectivity index (χ0n) is 20.9. The highest BCUT2D eigenvalue weighted by atomic mass is 35.5. The lowest BCUT2D eigenvalue weighted by atomic mass is 9.90. The molecule has 2 fully saturated rings. The topological polar surface area (TPSA) is 70.7 Å². The third-order valence-corrected chi connectivity index (χ3v) is 7.83. The molecule has 0 bridgehead atoms. The number of benzene rings is 2. The molecule has 2 aliphatic carbocycles. The van der Waals surface area contributed by atoms with E-state index in [1.165, 1.54) is 0 Å². The standard InChI is InChI=1S/C28H36ClN3O3/c1-32(2)23-12-10-22(11-13-23)30-26(33)25(18-19-4-14-24(35-3)15-5-19)31-27(34)28(16-17-28)20-6-8-21(29)9-7-20/h4-9,14-15,22-23,25H,10-13,16-18H2,1-3H3,(H,30,33)(H,31,34)/t22?,23?,25-/m1/s1. The number of nitrogens with zero attached hydrogens (tertiary/aromatic N) is 1. The van der Waals surface area contributed by atoms with Gasteiger partial charge in [-0.1, -0.05) is 35.9 Å². The van der Waals surface area contributed by atoms with Crippen LogP contribution in [0.25, 0.3) is 0 Å². The molecular formula is C28H36ClN3O3. The van der Waals surface area contributed by atoms with Crippen LogP contribution in [0.15, 0.2) is 48.5 Å². The van der Waals surface area contributed by atoms with Gasteiger partial charge in [0.1, 0.15) is 11.8 Å². The van der Waals surface area contributed by atoms with Gasteiger partial charge in [-0.3, -0.25) is 9.59 Å². The highest BCUT2D eigenvalue weighted by Crippen LogP contribution is 2.48. The van der Waals surface area contributed by atoms with Crippen LogP contribution in [0.1, 0.15) is 49.7 Å². The van der Waals surface area contributed by atoms with E-state index in [9.17, 15) is 9.59 Å². The second-order valence-electron chi connectivity index (χ2n) is 10.1. The van der Waals surface area contributed by atoms with Crippen molar-refractivity contribution < 1.29 is 14.3 Å². The van der Waals surface area contributed by atoms with E-state index in [1.54, 1.807) is 7.11 Å². The summed E-state index contributed by atoms with van der Waals surface area (Å²) in [7, 11) is 5.85. The molecule has 2 N–H and O–H groups in total. The molecule has 0 aliphatic heterocycles. The molecule has 188 valence electrons. The molecule has 2 saturated carbocycles. The summed E-state index contributed by atoms with van der Waals surface area (Å²) in [6, 6.07) is 15.2. The molecule has 2 aromatic rings. The number of methoxy groups -OCH3 is 1. The summed E-state index contributed by atoms with van der Waals surface area (Å²) < 4.78 is 5.26. The van der Waals surface area contributed by atoms with E-state index in [1.807, 2.05) is 48.5 Å². The molecule has 35 heavy (non-hydrogen) atoms. The average Bonchev–Trinajstić information content (AvgIpc) is 3.67. The summed E-state index contributed by atoms with van der Waals surface area (Å²) >= 11 is 6.05. The highest BCUT2D eigenvalue weighted by Gasteiger charge is 2.52. The SMILES string of the molecule is COc1ccc(C[C@@H](NC(=O)C2(c3ccc(Cl)cc3)CC2)C(=O)NC2CCC(N(C)C)CC2)cc1. The molecule has 0 aromatic heterocycles. The van der Waals surface area contributed by atoms with Gasteiger partial charge in [0.05, 0.1) is 12.5 Å². The molecule has 0 saturated heterocycles. The van der Waals surface area contributed by atoms with Gasteiger partial charge in [0.15, 0.2) is 0 Å². The first-order chi connectivity index (χ1) is 16.8. The molecule has 0 spiro atoms. The normalized spacial score (nSPS) is 21.7. The summed E-state index contributed by atoms with van der Waals surface area (Å²) in [5.41, 5.74) is 1.34. The molecule has 2 aromatic carbocycles. The zero-order chi connectivity index (χ0) is 25.0. The molecule has 1 atom stereocenters. The Morgan fingerprint density at radius 3 is 2.20 bits per heavy atom. The Morgan fingerprint density at radius 1 is 1.03 bits per heavy atom. The molecule has 7 heteroatoms. The first kappa shape index (κ1) is 25.5. The number of rotatable bonds is 9. The fourth-order valence-corrected chi connectivity index (χ4v) is 5.21. The van der Waals surface area contributed by atoms with Crippen LogP contribution < -0.4 is 15.4 Å². The number of halogens is 1. The van der Waals surface area contributed by atoms with Crippen molar-refractivity contribution in [2.24, 2.45) is 0 Å². The van der Waals surface area contributed by atoms with Crippen molar-refractivity contribution in [1.29, 1.82) is 0 Å². The highest BCUT2D eigenvalue weighted by molar-refractivity contribution is 6.30. The van der Waals surface area contributed by atoms with Crippen molar-refractivity contribution in [3.05, 3.63) is 64.7 Å². The van der Waals surface area contributed by atoms with Crippen LogP contribution in [0, 0.1) is 0 Å². The van der Waals surface area contributed by atoms with Gasteiger partial charge in [-0.25, -0.2) is 0 Å². The zero-order valence-corrected chi connectivity index (χ0v) is 21.6. The van der Waals surface area contributed by atoms with Crippen LogP contribution in [0.3, 0.4) is 0 Å². The largest absolute Gasteiger partial charge is 0.497 e. The average molecular weight is 498 g/mol. The van der Waals surface area contributed by atoms with Crippen LogP contribution in [-0.4, -0.2) is 56.0 Å². The van der Waals surface area contributed by atoms with E-state index in [0.717, 1.165) is 55.4 Å². The summed E-state index contributed by atoms with van der Waals surface area (Å²) in [4.78, 5) is 29.2. The number of ether oxygens (including phenoxy) is 1.